The maximum absolute atomic E-state index is 11.3. The molecular weight excluding hydrogens is 303 g/mol. The van der Waals surface area contributed by atoms with Crippen LogP contribution in [-0.4, -0.2) is 32.9 Å². The molecule has 4 aliphatic carbocycles. The van der Waals surface area contributed by atoms with Crippen LogP contribution in [0.15, 0.2) is 0 Å². The summed E-state index contributed by atoms with van der Waals surface area (Å²) in [5.41, 5.74) is -0.944. The van der Waals surface area contributed by atoms with Gasteiger partial charge in [-0.25, -0.2) is 0 Å². The molecule has 4 bridgehead atoms. The second-order valence-corrected chi connectivity index (χ2v) is 7.96. The van der Waals surface area contributed by atoms with Crippen LogP contribution in [0.25, 0.3) is 0 Å². The Bertz CT molecular complexity index is 412. The number of alkyl halides is 2. The SMILES string of the molecule is O=C(O)C(Cl)C12CC3CC(C1)CC(C(Cl)C(=O)O)(C3)C2. The van der Waals surface area contributed by atoms with E-state index in [9.17, 15) is 19.8 Å². The van der Waals surface area contributed by atoms with E-state index in [-0.39, 0.29) is 0 Å². The van der Waals surface area contributed by atoms with Gasteiger partial charge in [0.15, 0.2) is 0 Å². The van der Waals surface area contributed by atoms with Crippen LogP contribution in [0.3, 0.4) is 0 Å². The quantitative estimate of drug-likeness (QED) is 0.781. The first-order valence-electron chi connectivity index (χ1n) is 7.02. The van der Waals surface area contributed by atoms with E-state index in [2.05, 4.69) is 0 Å². The average molecular weight is 321 g/mol. The van der Waals surface area contributed by atoms with Crippen LogP contribution < -0.4 is 0 Å². The molecule has 2 atom stereocenters. The highest BCUT2D eigenvalue weighted by Crippen LogP contribution is 2.68. The third-order valence-electron chi connectivity index (χ3n) is 5.66. The molecule has 2 unspecified atom stereocenters. The third-order valence-corrected chi connectivity index (χ3v) is 6.96. The van der Waals surface area contributed by atoms with E-state index in [0.29, 0.717) is 18.3 Å². The maximum atomic E-state index is 11.3. The van der Waals surface area contributed by atoms with Gasteiger partial charge in [-0.1, -0.05) is 0 Å². The Hall–Kier alpha value is -0.480. The highest BCUT2D eigenvalue weighted by molar-refractivity contribution is 6.31. The minimum atomic E-state index is -0.995. The summed E-state index contributed by atoms with van der Waals surface area (Å²) in [6, 6.07) is 0. The van der Waals surface area contributed by atoms with Crippen LogP contribution in [0.5, 0.6) is 0 Å². The third kappa shape index (κ3) is 1.95. The summed E-state index contributed by atoms with van der Waals surface area (Å²) in [4.78, 5) is 22.7. The number of hydrogen-bond acceptors (Lipinski definition) is 2. The Labute approximate surface area is 127 Å². The first-order chi connectivity index (χ1) is 9.28. The van der Waals surface area contributed by atoms with Crippen molar-refractivity contribution < 1.29 is 19.8 Å². The smallest absolute Gasteiger partial charge is 0.322 e. The molecule has 6 heteroatoms. The second kappa shape index (κ2) is 4.51. The molecule has 0 saturated heterocycles. The lowest BCUT2D eigenvalue weighted by Crippen LogP contribution is -2.60. The van der Waals surface area contributed by atoms with Crippen LogP contribution in [-0.2, 0) is 9.59 Å². The average Bonchev–Trinajstić information content (AvgIpc) is 2.35. The molecule has 4 aliphatic rings. The van der Waals surface area contributed by atoms with Gasteiger partial charge >= 0.3 is 11.9 Å². The lowest BCUT2D eigenvalue weighted by atomic mass is 9.42. The van der Waals surface area contributed by atoms with Crippen molar-refractivity contribution in [2.24, 2.45) is 22.7 Å². The minimum Gasteiger partial charge on any atom is -0.480 e. The zero-order chi connectivity index (χ0) is 14.7. The molecule has 0 amide bonds. The zero-order valence-electron chi connectivity index (χ0n) is 11.0. The Balaban J connectivity index is 1.97. The van der Waals surface area contributed by atoms with Gasteiger partial charge in [0.05, 0.1) is 0 Å². The van der Waals surface area contributed by atoms with Crippen molar-refractivity contribution in [1.29, 1.82) is 0 Å². The number of halogens is 2. The Morgan fingerprint density at radius 1 is 0.900 bits per heavy atom. The summed E-state index contributed by atoms with van der Waals surface area (Å²) >= 11 is 12.4. The fraction of sp³-hybridized carbons (Fsp3) is 0.857. The molecule has 4 rings (SSSR count). The summed E-state index contributed by atoms with van der Waals surface area (Å²) in [6.07, 6.45) is 4.80. The maximum Gasteiger partial charge on any atom is 0.322 e. The first-order valence-corrected chi connectivity index (χ1v) is 7.89. The number of aliphatic carboxylic acids is 2. The largest absolute Gasteiger partial charge is 0.480 e. The van der Waals surface area contributed by atoms with Crippen LogP contribution in [0.4, 0.5) is 0 Å². The summed E-state index contributed by atoms with van der Waals surface area (Å²) in [5.74, 6) is -1.25. The fourth-order valence-electron chi connectivity index (χ4n) is 5.52. The number of hydrogen-bond donors (Lipinski definition) is 2. The van der Waals surface area contributed by atoms with Gasteiger partial charge in [0.1, 0.15) is 10.8 Å². The normalized spacial score (nSPS) is 45.1. The van der Waals surface area contributed by atoms with Crippen LogP contribution in [0.2, 0.25) is 0 Å². The van der Waals surface area contributed by atoms with Crippen molar-refractivity contribution in [3.63, 3.8) is 0 Å². The van der Waals surface area contributed by atoms with Gasteiger partial charge in [-0.15, -0.1) is 23.2 Å². The number of carboxylic acids is 2. The predicted molar refractivity (Wildman–Crippen MR) is 74.1 cm³/mol. The van der Waals surface area contributed by atoms with E-state index in [0.717, 1.165) is 32.1 Å². The molecule has 4 saturated carbocycles. The summed E-state index contributed by atoms with van der Waals surface area (Å²) in [5, 5.41) is 16.7. The van der Waals surface area contributed by atoms with E-state index >= 15 is 0 Å². The van der Waals surface area contributed by atoms with Gasteiger partial charge in [-0.2, -0.15) is 0 Å². The monoisotopic (exact) mass is 320 g/mol. The van der Waals surface area contributed by atoms with Gasteiger partial charge in [0, 0.05) is 0 Å². The molecule has 0 aliphatic heterocycles. The number of carbonyl (C=O) groups is 2. The van der Waals surface area contributed by atoms with E-state index in [1.165, 1.54) is 0 Å². The van der Waals surface area contributed by atoms with Gasteiger partial charge in [0.2, 0.25) is 0 Å². The molecule has 0 aromatic carbocycles. The molecule has 4 nitrogen and oxygen atoms in total. The lowest BCUT2D eigenvalue weighted by molar-refractivity contribution is -0.158. The molecular formula is C14H18Cl2O4. The number of rotatable bonds is 4. The Morgan fingerprint density at radius 3 is 1.55 bits per heavy atom. The van der Waals surface area contributed by atoms with Crippen LogP contribution in [0, 0.1) is 22.7 Å². The topological polar surface area (TPSA) is 74.6 Å². The first kappa shape index (κ1) is 14.5. The Kier molecular flexibility index (Phi) is 3.26. The van der Waals surface area contributed by atoms with Crippen molar-refractivity contribution in [3.05, 3.63) is 0 Å². The second-order valence-electron chi connectivity index (χ2n) is 7.09. The highest BCUT2D eigenvalue weighted by Gasteiger charge is 2.63. The lowest BCUT2D eigenvalue weighted by Gasteiger charge is -2.63. The van der Waals surface area contributed by atoms with Crippen molar-refractivity contribution in [3.8, 4) is 0 Å². The molecule has 0 heterocycles. The summed E-state index contributed by atoms with van der Waals surface area (Å²) < 4.78 is 0. The molecule has 0 aromatic rings. The summed E-state index contributed by atoms with van der Waals surface area (Å²) in [7, 11) is 0. The van der Waals surface area contributed by atoms with Gasteiger partial charge in [-0.05, 0) is 61.2 Å². The van der Waals surface area contributed by atoms with E-state index in [4.69, 9.17) is 23.2 Å². The molecule has 0 aromatic heterocycles. The highest BCUT2D eigenvalue weighted by atomic mass is 35.5. The van der Waals surface area contributed by atoms with Crippen molar-refractivity contribution in [2.75, 3.05) is 0 Å². The van der Waals surface area contributed by atoms with Crippen molar-refractivity contribution in [2.45, 2.75) is 49.3 Å². The van der Waals surface area contributed by atoms with Crippen LogP contribution in [0.1, 0.15) is 38.5 Å². The van der Waals surface area contributed by atoms with Gasteiger partial charge in [-0.3, -0.25) is 9.59 Å². The fourth-order valence-corrected chi connectivity index (χ4v) is 6.03. The van der Waals surface area contributed by atoms with Crippen molar-refractivity contribution in [1.82, 2.24) is 0 Å². The number of carboxylic acid groups (broad SMARTS) is 2. The van der Waals surface area contributed by atoms with Gasteiger partial charge < -0.3 is 10.2 Å². The van der Waals surface area contributed by atoms with Crippen LogP contribution >= 0.6 is 23.2 Å². The van der Waals surface area contributed by atoms with Crippen molar-refractivity contribution >= 4 is 35.1 Å². The van der Waals surface area contributed by atoms with E-state index < -0.39 is 33.5 Å². The molecule has 0 radical (unpaired) electrons. The molecule has 0 spiro atoms. The predicted octanol–water partition coefficient (Wildman–Crippen LogP) is 2.96. The summed E-state index contributed by atoms with van der Waals surface area (Å²) in [6.45, 7) is 0. The zero-order valence-corrected chi connectivity index (χ0v) is 12.5. The molecule has 20 heavy (non-hydrogen) atoms. The molecule has 2 N–H and O–H groups in total. The van der Waals surface area contributed by atoms with E-state index in [1.807, 2.05) is 0 Å². The Morgan fingerprint density at radius 2 is 1.25 bits per heavy atom. The van der Waals surface area contributed by atoms with E-state index in [1.54, 1.807) is 0 Å². The minimum absolute atomic E-state index is 0.373. The molecule has 4 fully saturated rings. The molecule has 112 valence electrons. The standard InChI is InChI=1S/C14H18Cl2O4/c15-9(11(17)18)13-2-7-1-8(4-13)5-14(3-7,6-13)10(16)12(19)20/h7-10H,1-6H2,(H,17,18)(H,19,20). The van der Waals surface area contributed by atoms with Gasteiger partial charge in [0.25, 0.3) is 0 Å².